The lowest BCUT2D eigenvalue weighted by Gasteiger charge is -2.07. The molecule has 2 rings (SSSR count). The van der Waals surface area contributed by atoms with Crippen LogP contribution in [0.2, 0.25) is 0 Å². The van der Waals surface area contributed by atoms with Crippen molar-refractivity contribution < 1.29 is 19.1 Å². The van der Waals surface area contributed by atoms with Crippen LogP contribution in [-0.2, 0) is 20.9 Å². The number of carbonyl (C=O) groups is 2. The third-order valence-corrected chi connectivity index (χ3v) is 3.03. The van der Waals surface area contributed by atoms with Crippen LogP contribution in [0, 0.1) is 0 Å². The monoisotopic (exact) mass is 304 g/mol. The first-order chi connectivity index (χ1) is 10.5. The molecule has 0 saturated heterocycles. The van der Waals surface area contributed by atoms with Crippen LogP contribution in [0.5, 0.6) is 5.75 Å². The van der Waals surface area contributed by atoms with Crippen molar-refractivity contribution in [2.45, 2.75) is 13.5 Å². The maximum atomic E-state index is 11.9. The van der Waals surface area contributed by atoms with E-state index in [2.05, 4.69) is 15.0 Å². The zero-order chi connectivity index (χ0) is 16.1. The minimum Gasteiger partial charge on any atom is -0.497 e. The minimum absolute atomic E-state index is 0.0693. The predicted molar refractivity (Wildman–Crippen MR) is 79.6 cm³/mol. The maximum absolute atomic E-state index is 11.9. The van der Waals surface area contributed by atoms with Crippen LogP contribution in [0.15, 0.2) is 29.1 Å². The second-order valence-electron chi connectivity index (χ2n) is 4.48. The molecule has 1 amide bonds. The number of methoxy groups -OCH3 is 1. The van der Waals surface area contributed by atoms with Crippen molar-refractivity contribution in [3.63, 3.8) is 0 Å². The summed E-state index contributed by atoms with van der Waals surface area (Å²) < 4.78 is 9.70. The molecule has 2 aromatic rings. The molecular formula is C15H16N2O5. The number of aromatic amines is 1. The van der Waals surface area contributed by atoms with Crippen LogP contribution < -0.4 is 15.6 Å². The van der Waals surface area contributed by atoms with E-state index in [1.165, 1.54) is 0 Å². The molecule has 0 unspecified atom stereocenters. The number of pyridine rings is 1. The van der Waals surface area contributed by atoms with Gasteiger partial charge in [0.1, 0.15) is 5.75 Å². The first-order valence-corrected chi connectivity index (χ1v) is 6.70. The highest BCUT2D eigenvalue weighted by molar-refractivity contribution is 6.32. The molecule has 0 fully saturated rings. The second kappa shape index (κ2) is 6.75. The van der Waals surface area contributed by atoms with Gasteiger partial charge in [-0.05, 0) is 31.2 Å². The fraction of sp³-hybridized carbons (Fsp3) is 0.267. The summed E-state index contributed by atoms with van der Waals surface area (Å²) in [5.41, 5.74) is 0.659. The van der Waals surface area contributed by atoms with Crippen LogP contribution in [0.25, 0.3) is 10.9 Å². The molecule has 7 heteroatoms. The lowest BCUT2D eigenvalue weighted by Crippen LogP contribution is -2.33. The van der Waals surface area contributed by atoms with Crippen LogP contribution in [0.3, 0.4) is 0 Å². The Morgan fingerprint density at radius 2 is 2.05 bits per heavy atom. The van der Waals surface area contributed by atoms with Crippen molar-refractivity contribution in [2.24, 2.45) is 0 Å². The van der Waals surface area contributed by atoms with Crippen LogP contribution in [0.1, 0.15) is 12.5 Å². The Morgan fingerprint density at radius 1 is 1.27 bits per heavy atom. The lowest BCUT2D eigenvalue weighted by molar-refractivity contribution is -0.154. The van der Waals surface area contributed by atoms with Gasteiger partial charge in [0.25, 0.3) is 5.56 Å². The number of hydrogen-bond acceptors (Lipinski definition) is 5. The molecule has 0 bridgehead atoms. The highest BCUT2D eigenvalue weighted by atomic mass is 16.5. The van der Waals surface area contributed by atoms with E-state index < -0.39 is 11.9 Å². The molecule has 0 aliphatic heterocycles. The van der Waals surface area contributed by atoms with Gasteiger partial charge in [-0.2, -0.15) is 0 Å². The summed E-state index contributed by atoms with van der Waals surface area (Å²) >= 11 is 0. The molecule has 0 aliphatic carbocycles. The second-order valence-corrected chi connectivity index (χ2v) is 4.48. The normalized spacial score (nSPS) is 10.3. The molecule has 116 valence electrons. The first kappa shape index (κ1) is 15.6. The number of ether oxygens (including phenoxy) is 2. The van der Waals surface area contributed by atoms with Gasteiger partial charge < -0.3 is 19.8 Å². The Kier molecular flexibility index (Phi) is 4.77. The van der Waals surface area contributed by atoms with Crippen molar-refractivity contribution in [3.8, 4) is 5.75 Å². The minimum atomic E-state index is -0.971. The van der Waals surface area contributed by atoms with Gasteiger partial charge in [-0.1, -0.05) is 0 Å². The average Bonchev–Trinajstić information content (AvgIpc) is 2.52. The predicted octanol–water partition coefficient (Wildman–Crippen LogP) is 0.716. The average molecular weight is 304 g/mol. The molecular weight excluding hydrogens is 288 g/mol. The molecule has 1 aromatic carbocycles. The van der Waals surface area contributed by atoms with E-state index in [0.717, 1.165) is 5.39 Å². The van der Waals surface area contributed by atoms with Crippen molar-refractivity contribution in [1.29, 1.82) is 0 Å². The van der Waals surface area contributed by atoms with Gasteiger partial charge in [0, 0.05) is 23.0 Å². The number of fused-ring (bicyclic) bond motifs is 1. The number of hydrogen-bond donors (Lipinski definition) is 2. The number of amides is 1. The Morgan fingerprint density at radius 3 is 2.73 bits per heavy atom. The Hall–Kier alpha value is -2.83. The molecule has 0 atom stereocenters. The van der Waals surface area contributed by atoms with Crippen LogP contribution in [0.4, 0.5) is 0 Å². The summed E-state index contributed by atoms with van der Waals surface area (Å²) in [7, 11) is 1.55. The zero-order valence-electron chi connectivity index (χ0n) is 12.3. The number of aromatic nitrogens is 1. The molecule has 1 heterocycles. The van der Waals surface area contributed by atoms with E-state index in [-0.39, 0.29) is 18.7 Å². The lowest BCUT2D eigenvalue weighted by atomic mass is 10.1. The van der Waals surface area contributed by atoms with E-state index >= 15 is 0 Å². The number of carbonyl (C=O) groups excluding carboxylic acids is 2. The molecule has 22 heavy (non-hydrogen) atoms. The van der Waals surface area contributed by atoms with Crippen molar-refractivity contribution in [2.75, 3.05) is 13.7 Å². The van der Waals surface area contributed by atoms with Gasteiger partial charge in [-0.15, -0.1) is 0 Å². The molecule has 0 saturated carbocycles. The number of nitrogens with one attached hydrogen (secondary N) is 2. The maximum Gasteiger partial charge on any atom is 0.396 e. The number of rotatable bonds is 4. The standard InChI is InChI=1S/C15H16N2O5/c1-3-22-15(20)14(19)16-8-10-6-9-7-11(21-2)4-5-12(9)17-13(10)18/h4-7H,3,8H2,1-2H3,(H,16,19)(H,17,18). The molecule has 0 aliphatic rings. The highest BCUT2D eigenvalue weighted by Crippen LogP contribution is 2.18. The topological polar surface area (TPSA) is 97.5 Å². The summed E-state index contributed by atoms with van der Waals surface area (Å²) in [5.74, 6) is -1.20. The third kappa shape index (κ3) is 3.43. The summed E-state index contributed by atoms with van der Waals surface area (Å²) in [6.45, 7) is 1.65. The van der Waals surface area contributed by atoms with Crippen LogP contribution in [-0.4, -0.2) is 30.6 Å². The smallest absolute Gasteiger partial charge is 0.396 e. The third-order valence-electron chi connectivity index (χ3n) is 3.03. The molecule has 7 nitrogen and oxygen atoms in total. The number of benzene rings is 1. The zero-order valence-corrected chi connectivity index (χ0v) is 12.3. The summed E-state index contributed by atoms with van der Waals surface area (Å²) in [6.07, 6.45) is 0. The van der Waals surface area contributed by atoms with Crippen molar-refractivity contribution in [1.82, 2.24) is 10.3 Å². The SMILES string of the molecule is CCOC(=O)C(=O)NCc1cc2cc(OC)ccc2[nH]c1=O. The van der Waals surface area contributed by atoms with E-state index in [4.69, 9.17) is 4.74 Å². The summed E-state index contributed by atoms with van der Waals surface area (Å²) in [6, 6.07) is 6.88. The van der Waals surface area contributed by atoms with Gasteiger partial charge in [-0.3, -0.25) is 9.59 Å². The van der Waals surface area contributed by atoms with Crippen LogP contribution >= 0.6 is 0 Å². The number of H-pyrrole nitrogens is 1. The van der Waals surface area contributed by atoms with E-state index in [1.807, 2.05) is 0 Å². The number of esters is 1. The Bertz CT molecular complexity index is 766. The van der Waals surface area contributed by atoms with E-state index in [1.54, 1.807) is 38.3 Å². The summed E-state index contributed by atoms with van der Waals surface area (Å²) in [4.78, 5) is 37.3. The molecule has 1 aromatic heterocycles. The fourth-order valence-corrected chi connectivity index (χ4v) is 1.93. The molecule has 2 N–H and O–H groups in total. The highest BCUT2D eigenvalue weighted by Gasteiger charge is 2.14. The molecule has 0 spiro atoms. The summed E-state index contributed by atoms with van der Waals surface area (Å²) in [5, 5.41) is 3.12. The molecule has 0 radical (unpaired) electrons. The fourth-order valence-electron chi connectivity index (χ4n) is 1.93. The first-order valence-electron chi connectivity index (χ1n) is 6.70. The Labute approximate surface area is 126 Å². The van der Waals surface area contributed by atoms with Crippen molar-refractivity contribution >= 4 is 22.8 Å². The van der Waals surface area contributed by atoms with E-state index in [0.29, 0.717) is 16.8 Å². The van der Waals surface area contributed by atoms with Gasteiger partial charge >= 0.3 is 11.9 Å². The van der Waals surface area contributed by atoms with E-state index in [9.17, 15) is 14.4 Å². The largest absolute Gasteiger partial charge is 0.497 e. The Balaban J connectivity index is 2.20. The van der Waals surface area contributed by atoms with Gasteiger partial charge in [0.05, 0.1) is 13.7 Å². The van der Waals surface area contributed by atoms with Crippen molar-refractivity contribution in [3.05, 3.63) is 40.2 Å². The van der Waals surface area contributed by atoms with Gasteiger partial charge in [0.15, 0.2) is 0 Å². The van der Waals surface area contributed by atoms with Gasteiger partial charge in [-0.25, -0.2) is 4.79 Å². The quantitative estimate of drug-likeness (QED) is 0.640. The van der Waals surface area contributed by atoms with Gasteiger partial charge in [0.2, 0.25) is 0 Å².